The fourth-order valence-corrected chi connectivity index (χ4v) is 1.53. The van der Waals surface area contributed by atoms with Crippen LogP contribution in [0.4, 0.5) is 14.7 Å². The Morgan fingerprint density at radius 3 is 2.00 bits per heavy atom. The van der Waals surface area contributed by atoms with E-state index in [1.807, 2.05) is 0 Å². The smallest absolute Gasteiger partial charge is 0.219 e. The molecule has 0 atom stereocenters. The van der Waals surface area contributed by atoms with Crippen molar-refractivity contribution < 1.29 is 18.3 Å². The van der Waals surface area contributed by atoms with Gasteiger partial charge in [0, 0.05) is 18.5 Å². The van der Waals surface area contributed by atoms with E-state index in [9.17, 15) is 8.78 Å². The van der Waals surface area contributed by atoms with Crippen molar-refractivity contribution in [2.24, 2.45) is 0 Å². The van der Waals surface area contributed by atoms with E-state index >= 15 is 0 Å². The van der Waals surface area contributed by atoms with Crippen LogP contribution in [0.25, 0.3) is 0 Å². The lowest BCUT2D eigenvalue weighted by atomic mass is 10.1. The predicted molar refractivity (Wildman–Crippen MR) is 71.9 cm³/mol. The highest BCUT2D eigenvalue weighted by Crippen LogP contribution is 2.30. The maximum atomic E-state index is 14.0. The number of anilines is 1. The SMILES string of the molecule is COc1cc(OC)c(F)c(C#Cc2cnc(N)nc2)c1F. The molecule has 1 aromatic carbocycles. The van der Waals surface area contributed by atoms with Gasteiger partial charge in [-0.2, -0.15) is 0 Å². The molecule has 0 amide bonds. The molecule has 0 aliphatic carbocycles. The highest BCUT2D eigenvalue weighted by atomic mass is 19.1. The summed E-state index contributed by atoms with van der Waals surface area (Å²) in [5.74, 6) is 2.89. The normalized spacial score (nSPS) is 9.71. The largest absolute Gasteiger partial charge is 0.493 e. The lowest BCUT2D eigenvalue weighted by Gasteiger charge is -2.08. The first kappa shape index (κ1) is 14.5. The average Bonchev–Trinajstić information content (AvgIpc) is 2.49. The van der Waals surface area contributed by atoms with Gasteiger partial charge in [-0.1, -0.05) is 11.8 Å². The van der Waals surface area contributed by atoms with Gasteiger partial charge < -0.3 is 15.2 Å². The van der Waals surface area contributed by atoms with Crippen molar-refractivity contribution in [1.82, 2.24) is 9.97 Å². The van der Waals surface area contributed by atoms with Gasteiger partial charge in [-0.25, -0.2) is 18.7 Å². The van der Waals surface area contributed by atoms with Crippen LogP contribution in [0.5, 0.6) is 11.5 Å². The Labute approximate surface area is 119 Å². The summed E-state index contributed by atoms with van der Waals surface area (Å²) >= 11 is 0. The molecule has 0 radical (unpaired) electrons. The molecule has 0 fully saturated rings. The summed E-state index contributed by atoms with van der Waals surface area (Å²) in [6, 6.07) is 1.11. The Balaban J connectivity index is 2.51. The van der Waals surface area contributed by atoms with Crippen molar-refractivity contribution in [3.05, 3.63) is 41.2 Å². The Morgan fingerprint density at radius 2 is 1.52 bits per heavy atom. The zero-order valence-corrected chi connectivity index (χ0v) is 11.3. The third kappa shape index (κ3) is 3.00. The van der Waals surface area contributed by atoms with E-state index in [0.29, 0.717) is 5.56 Å². The number of hydrogen-bond acceptors (Lipinski definition) is 5. The predicted octanol–water partition coefficient (Wildman–Crippen LogP) is 1.75. The summed E-state index contributed by atoms with van der Waals surface area (Å²) in [4.78, 5) is 7.46. The first-order valence-corrected chi connectivity index (χ1v) is 5.76. The van der Waals surface area contributed by atoms with Crippen molar-refractivity contribution in [2.75, 3.05) is 20.0 Å². The molecule has 7 heteroatoms. The first-order valence-electron chi connectivity index (χ1n) is 5.76. The molecule has 0 aliphatic rings. The maximum absolute atomic E-state index is 14.0. The van der Waals surface area contributed by atoms with Gasteiger partial charge >= 0.3 is 0 Å². The van der Waals surface area contributed by atoms with Gasteiger partial charge in [0.1, 0.15) is 5.56 Å². The summed E-state index contributed by atoms with van der Waals surface area (Å²) in [5, 5.41) is 0. The number of ether oxygens (including phenoxy) is 2. The monoisotopic (exact) mass is 291 g/mol. The minimum Gasteiger partial charge on any atom is -0.493 e. The number of hydrogen-bond donors (Lipinski definition) is 1. The topological polar surface area (TPSA) is 70.3 Å². The molecule has 1 aromatic heterocycles. The van der Waals surface area contributed by atoms with Crippen molar-refractivity contribution in [3.8, 4) is 23.3 Å². The van der Waals surface area contributed by atoms with E-state index in [4.69, 9.17) is 15.2 Å². The molecular weight excluding hydrogens is 280 g/mol. The van der Waals surface area contributed by atoms with Crippen molar-refractivity contribution in [1.29, 1.82) is 0 Å². The molecule has 2 rings (SSSR count). The lowest BCUT2D eigenvalue weighted by molar-refractivity contribution is 0.357. The average molecular weight is 291 g/mol. The highest BCUT2D eigenvalue weighted by molar-refractivity contribution is 5.51. The number of nitrogens with zero attached hydrogens (tertiary/aromatic N) is 2. The van der Waals surface area contributed by atoms with Gasteiger partial charge in [-0.15, -0.1) is 0 Å². The van der Waals surface area contributed by atoms with Gasteiger partial charge in [0.05, 0.1) is 19.8 Å². The van der Waals surface area contributed by atoms with Gasteiger partial charge in [0.15, 0.2) is 23.1 Å². The molecule has 0 spiro atoms. The number of nitrogen functional groups attached to an aromatic ring is 1. The Morgan fingerprint density at radius 1 is 1.00 bits per heavy atom. The summed E-state index contributed by atoms with van der Waals surface area (Å²) in [6.07, 6.45) is 2.70. The summed E-state index contributed by atoms with van der Waals surface area (Å²) in [5.41, 5.74) is 5.24. The van der Waals surface area contributed by atoms with Gasteiger partial charge in [-0.3, -0.25) is 0 Å². The molecule has 0 bridgehead atoms. The van der Waals surface area contributed by atoms with E-state index in [1.54, 1.807) is 0 Å². The second-order valence-electron chi connectivity index (χ2n) is 3.86. The molecule has 1 heterocycles. The molecule has 108 valence electrons. The Bertz CT molecular complexity index is 693. The second kappa shape index (κ2) is 6.05. The van der Waals surface area contributed by atoms with Crippen molar-refractivity contribution >= 4 is 5.95 Å². The molecular formula is C14H11F2N3O2. The second-order valence-corrected chi connectivity index (χ2v) is 3.86. The number of benzene rings is 1. The molecule has 0 unspecified atom stereocenters. The van der Waals surface area contributed by atoms with E-state index in [-0.39, 0.29) is 17.4 Å². The Kier molecular flexibility index (Phi) is 4.18. The quantitative estimate of drug-likeness (QED) is 0.854. The van der Waals surface area contributed by atoms with Crippen LogP contribution in [0.15, 0.2) is 18.5 Å². The van der Waals surface area contributed by atoms with Crippen LogP contribution in [-0.2, 0) is 0 Å². The molecule has 0 saturated heterocycles. The van der Waals surface area contributed by atoms with E-state index in [0.717, 1.165) is 6.07 Å². The van der Waals surface area contributed by atoms with Crippen molar-refractivity contribution in [2.45, 2.75) is 0 Å². The Hall–Kier alpha value is -2.88. The highest BCUT2D eigenvalue weighted by Gasteiger charge is 2.18. The summed E-state index contributed by atoms with van der Waals surface area (Å²) < 4.78 is 37.7. The summed E-state index contributed by atoms with van der Waals surface area (Å²) in [6.45, 7) is 0. The lowest BCUT2D eigenvalue weighted by Crippen LogP contribution is -1.99. The van der Waals surface area contributed by atoms with Crippen LogP contribution in [0, 0.1) is 23.5 Å². The van der Waals surface area contributed by atoms with Crippen LogP contribution in [-0.4, -0.2) is 24.2 Å². The van der Waals surface area contributed by atoms with E-state index in [2.05, 4.69) is 21.8 Å². The third-order valence-electron chi connectivity index (χ3n) is 2.58. The van der Waals surface area contributed by atoms with Gasteiger partial charge in [0.25, 0.3) is 0 Å². The van der Waals surface area contributed by atoms with Crippen LogP contribution < -0.4 is 15.2 Å². The minimum atomic E-state index is -0.903. The van der Waals surface area contributed by atoms with Crippen LogP contribution >= 0.6 is 0 Å². The van der Waals surface area contributed by atoms with E-state index in [1.165, 1.54) is 26.6 Å². The zero-order valence-electron chi connectivity index (χ0n) is 11.3. The third-order valence-corrected chi connectivity index (χ3v) is 2.58. The molecule has 2 N–H and O–H groups in total. The fourth-order valence-electron chi connectivity index (χ4n) is 1.53. The van der Waals surface area contributed by atoms with Gasteiger partial charge in [-0.05, 0) is 0 Å². The molecule has 2 aromatic rings. The molecule has 5 nitrogen and oxygen atoms in total. The standard InChI is InChI=1S/C14H11F2N3O2/c1-20-10-5-11(21-2)13(16)9(12(10)15)4-3-8-6-18-14(17)19-7-8/h5-7H,1-2H3,(H2,17,18,19). The number of nitrogens with two attached hydrogens (primary N) is 1. The maximum Gasteiger partial charge on any atom is 0.219 e. The number of halogens is 2. The molecule has 0 saturated carbocycles. The van der Waals surface area contributed by atoms with Crippen LogP contribution in [0.2, 0.25) is 0 Å². The van der Waals surface area contributed by atoms with Crippen molar-refractivity contribution in [3.63, 3.8) is 0 Å². The molecule has 21 heavy (non-hydrogen) atoms. The van der Waals surface area contributed by atoms with E-state index < -0.39 is 17.2 Å². The summed E-state index contributed by atoms with van der Waals surface area (Å²) in [7, 11) is 2.53. The number of methoxy groups -OCH3 is 2. The van der Waals surface area contributed by atoms with Crippen LogP contribution in [0.3, 0.4) is 0 Å². The molecule has 0 aliphatic heterocycles. The zero-order chi connectivity index (χ0) is 15.4. The first-order chi connectivity index (χ1) is 10.1. The number of aromatic nitrogens is 2. The minimum absolute atomic E-state index is 0.0842. The van der Waals surface area contributed by atoms with Gasteiger partial charge in [0.2, 0.25) is 5.95 Å². The fraction of sp³-hybridized carbons (Fsp3) is 0.143. The van der Waals surface area contributed by atoms with Crippen LogP contribution in [0.1, 0.15) is 11.1 Å². The number of rotatable bonds is 2.